The van der Waals surface area contributed by atoms with Gasteiger partial charge in [-0.3, -0.25) is 14.6 Å². The van der Waals surface area contributed by atoms with Crippen LogP contribution in [0, 0.1) is 17.5 Å². The molecule has 1 heterocycles. The Bertz CT molecular complexity index is 883. The van der Waals surface area contributed by atoms with Gasteiger partial charge in [0.25, 0.3) is 5.91 Å². The van der Waals surface area contributed by atoms with Gasteiger partial charge in [-0.25, -0.2) is 18.2 Å². The summed E-state index contributed by atoms with van der Waals surface area (Å²) in [6.07, 6.45) is 0.351. The maximum absolute atomic E-state index is 13.8. The van der Waals surface area contributed by atoms with Crippen LogP contribution in [0.25, 0.3) is 0 Å². The summed E-state index contributed by atoms with van der Waals surface area (Å²) in [6, 6.07) is 9.00. The number of hydrogen-bond donors (Lipinski definition) is 1. The molecule has 0 spiro atoms. The summed E-state index contributed by atoms with van der Waals surface area (Å²) in [4.78, 5) is 25.2. The van der Waals surface area contributed by atoms with Crippen molar-refractivity contribution in [3.8, 4) is 0 Å². The minimum Gasteiger partial charge on any atom is -0.327 e. The Morgan fingerprint density at radius 2 is 1.59 bits per heavy atom. The Balaban J connectivity index is 0.00000300. The fourth-order valence-corrected chi connectivity index (χ4v) is 3.22. The van der Waals surface area contributed by atoms with Gasteiger partial charge in [0.2, 0.25) is 5.91 Å². The van der Waals surface area contributed by atoms with E-state index in [0.29, 0.717) is 31.1 Å². The summed E-state index contributed by atoms with van der Waals surface area (Å²) in [7, 11) is 0. The molecule has 0 unspecified atom stereocenters. The van der Waals surface area contributed by atoms with Crippen molar-refractivity contribution in [1.29, 1.82) is 0 Å². The Morgan fingerprint density at radius 1 is 0.966 bits per heavy atom. The van der Waals surface area contributed by atoms with Gasteiger partial charge in [-0.15, -0.1) is 12.4 Å². The molecule has 2 aromatic carbocycles. The smallest absolute Gasteiger partial charge is 0.272 e. The van der Waals surface area contributed by atoms with Crippen molar-refractivity contribution < 1.29 is 22.8 Å². The number of benzene rings is 2. The molecule has 1 fully saturated rings. The molecule has 0 aliphatic carbocycles. The molecule has 29 heavy (non-hydrogen) atoms. The van der Waals surface area contributed by atoms with Gasteiger partial charge in [0, 0.05) is 37.2 Å². The Labute approximate surface area is 172 Å². The first kappa shape index (κ1) is 22.7. The average molecular weight is 428 g/mol. The van der Waals surface area contributed by atoms with E-state index >= 15 is 0 Å². The van der Waals surface area contributed by atoms with Crippen LogP contribution in [0.1, 0.15) is 28.8 Å². The van der Waals surface area contributed by atoms with Crippen molar-refractivity contribution in [3.05, 3.63) is 71.0 Å². The highest BCUT2D eigenvalue weighted by atomic mass is 35.5. The molecule has 3 rings (SSSR count). The zero-order valence-electron chi connectivity index (χ0n) is 15.5. The van der Waals surface area contributed by atoms with Gasteiger partial charge in [0.15, 0.2) is 11.6 Å². The van der Waals surface area contributed by atoms with E-state index < -0.39 is 23.5 Å². The second kappa shape index (κ2) is 9.76. The first-order valence-corrected chi connectivity index (χ1v) is 8.93. The van der Waals surface area contributed by atoms with Crippen molar-refractivity contribution in [1.82, 2.24) is 10.0 Å². The number of nitrogens with zero attached hydrogens (tertiary/aromatic N) is 2. The average Bonchev–Trinajstić information content (AvgIpc) is 3.16. The molecule has 0 bridgehead atoms. The molecule has 0 radical (unpaired) electrons. The second-order valence-corrected chi connectivity index (χ2v) is 6.69. The van der Waals surface area contributed by atoms with Crippen LogP contribution in [0.5, 0.6) is 0 Å². The van der Waals surface area contributed by atoms with Crippen molar-refractivity contribution in [2.24, 2.45) is 5.73 Å². The predicted octanol–water partition coefficient (Wildman–Crippen LogP) is 3.08. The highest BCUT2D eigenvalue weighted by molar-refractivity contribution is 5.95. The van der Waals surface area contributed by atoms with Crippen LogP contribution in [0.15, 0.2) is 42.5 Å². The SMILES string of the molecule is Cl.N[C@@H](CC(=O)N1CCCN1C(=O)c1ccccc1)Cc1cc(F)c(F)cc1F. The summed E-state index contributed by atoms with van der Waals surface area (Å²) in [5.41, 5.74) is 6.30. The molecule has 2 N–H and O–H groups in total. The van der Waals surface area contributed by atoms with Crippen molar-refractivity contribution in [3.63, 3.8) is 0 Å². The number of nitrogens with two attached hydrogens (primary N) is 1. The van der Waals surface area contributed by atoms with E-state index in [1.54, 1.807) is 30.3 Å². The van der Waals surface area contributed by atoms with E-state index in [1.807, 2.05) is 0 Å². The summed E-state index contributed by atoms with van der Waals surface area (Å²) in [5.74, 6) is -4.03. The number of carbonyl (C=O) groups excluding carboxylic acids is 2. The highest BCUT2D eigenvalue weighted by Gasteiger charge is 2.32. The van der Waals surface area contributed by atoms with Gasteiger partial charge < -0.3 is 5.73 Å². The molecule has 2 aromatic rings. The molecular formula is C20H21ClF3N3O2. The Kier molecular flexibility index (Phi) is 7.64. The standard InChI is InChI=1S/C20H20F3N3O2.ClH/c21-16-12-18(23)17(22)10-14(16)9-15(24)11-19(27)25-7-4-8-26(25)20(28)13-5-2-1-3-6-13;/h1-3,5-6,10,12,15H,4,7-9,11,24H2;1H/t15-;/m1./s1. The van der Waals surface area contributed by atoms with Crippen molar-refractivity contribution in [2.45, 2.75) is 25.3 Å². The van der Waals surface area contributed by atoms with Crippen LogP contribution in [0.3, 0.4) is 0 Å². The molecule has 1 atom stereocenters. The lowest BCUT2D eigenvalue weighted by Crippen LogP contribution is -2.46. The second-order valence-electron chi connectivity index (χ2n) is 6.69. The first-order valence-electron chi connectivity index (χ1n) is 8.93. The monoisotopic (exact) mass is 427 g/mol. The fourth-order valence-electron chi connectivity index (χ4n) is 3.22. The van der Waals surface area contributed by atoms with E-state index in [1.165, 1.54) is 10.0 Å². The summed E-state index contributed by atoms with van der Waals surface area (Å²) < 4.78 is 40.1. The largest absolute Gasteiger partial charge is 0.327 e. The maximum atomic E-state index is 13.8. The zero-order chi connectivity index (χ0) is 20.3. The molecule has 0 aromatic heterocycles. The third kappa shape index (κ3) is 5.27. The molecule has 1 saturated heterocycles. The summed E-state index contributed by atoms with van der Waals surface area (Å²) in [5, 5.41) is 2.72. The maximum Gasteiger partial charge on any atom is 0.272 e. The van der Waals surface area contributed by atoms with Crippen LogP contribution in [0.2, 0.25) is 0 Å². The third-order valence-electron chi connectivity index (χ3n) is 4.58. The Morgan fingerprint density at radius 3 is 2.28 bits per heavy atom. The third-order valence-corrected chi connectivity index (χ3v) is 4.58. The van der Waals surface area contributed by atoms with Gasteiger partial charge in [-0.1, -0.05) is 18.2 Å². The van der Waals surface area contributed by atoms with E-state index in [0.717, 1.165) is 6.07 Å². The predicted molar refractivity (Wildman–Crippen MR) is 104 cm³/mol. The molecule has 1 aliphatic rings. The van der Waals surface area contributed by atoms with Crippen LogP contribution in [-0.2, 0) is 11.2 Å². The minimum atomic E-state index is -1.28. The lowest BCUT2D eigenvalue weighted by Gasteiger charge is -2.29. The van der Waals surface area contributed by atoms with Gasteiger partial charge >= 0.3 is 0 Å². The van der Waals surface area contributed by atoms with Gasteiger partial charge in [-0.05, 0) is 36.6 Å². The van der Waals surface area contributed by atoms with Crippen LogP contribution < -0.4 is 5.73 Å². The van der Waals surface area contributed by atoms with E-state index in [2.05, 4.69) is 0 Å². The van der Waals surface area contributed by atoms with E-state index in [-0.39, 0.29) is 42.6 Å². The molecule has 156 valence electrons. The zero-order valence-corrected chi connectivity index (χ0v) is 16.3. The first-order chi connectivity index (χ1) is 13.4. The number of carbonyl (C=O) groups is 2. The number of hydrazine groups is 1. The molecule has 1 aliphatic heterocycles. The number of amides is 2. The lowest BCUT2D eigenvalue weighted by atomic mass is 10.0. The highest BCUT2D eigenvalue weighted by Crippen LogP contribution is 2.19. The molecule has 0 saturated carbocycles. The lowest BCUT2D eigenvalue weighted by molar-refractivity contribution is -0.140. The number of hydrogen-bond acceptors (Lipinski definition) is 3. The summed E-state index contributed by atoms with van der Waals surface area (Å²) in [6.45, 7) is 0.788. The van der Waals surface area contributed by atoms with Crippen molar-refractivity contribution >= 4 is 24.2 Å². The quantitative estimate of drug-likeness (QED) is 0.746. The molecular weight excluding hydrogens is 407 g/mol. The number of halogens is 4. The van der Waals surface area contributed by atoms with E-state index in [4.69, 9.17) is 5.73 Å². The number of rotatable bonds is 5. The normalized spacial score (nSPS) is 14.5. The van der Waals surface area contributed by atoms with E-state index in [9.17, 15) is 22.8 Å². The van der Waals surface area contributed by atoms with Crippen LogP contribution in [-0.4, -0.2) is 41.0 Å². The van der Waals surface area contributed by atoms with Crippen molar-refractivity contribution in [2.75, 3.05) is 13.1 Å². The topological polar surface area (TPSA) is 66.6 Å². The summed E-state index contributed by atoms with van der Waals surface area (Å²) >= 11 is 0. The minimum absolute atomic E-state index is 0. The van der Waals surface area contributed by atoms with Gasteiger partial charge in [0.05, 0.1) is 0 Å². The van der Waals surface area contributed by atoms with Gasteiger partial charge in [-0.2, -0.15) is 0 Å². The molecule has 9 heteroatoms. The molecule has 5 nitrogen and oxygen atoms in total. The fraction of sp³-hybridized carbons (Fsp3) is 0.300. The van der Waals surface area contributed by atoms with Gasteiger partial charge in [0.1, 0.15) is 5.82 Å². The Hall–Kier alpha value is -2.58. The van der Waals surface area contributed by atoms with Crippen LogP contribution >= 0.6 is 12.4 Å². The molecule has 2 amide bonds. The van der Waals surface area contributed by atoms with Crippen LogP contribution in [0.4, 0.5) is 13.2 Å².